The summed E-state index contributed by atoms with van der Waals surface area (Å²) in [5.41, 5.74) is 3.99. The lowest BCUT2D eigenvalue weighted by atomic mass is 9.89. The second-order valence-electron chi connectivity index (χ2n) is 8.38. The van der Waals surface area contributed by atoms with Crippen LogP contribution in [0.25, 0.3) is 0 Å². The fraction of sp³-hybridized carbons (Fsp3) is 0.480. The number of likely N-dealkylation sites (tertiary alicyclic amines) is 1. The van der Waals surface area contributed by atoms with Crippen molar-refractivity contribution in [1.82, 2.24) is 9.80 Å². The van der Waals surface area contributed by atoms with Crippen LogP contribution in [0.1, 0.15) is 36.0 Å². The van der Waals surface area contributed by atoms with Crippen LogP contribution in [0.3, 0.4) is 0 Å². The molecule has 1 heterocycles. The minimum Gasteiger partial charge on any atom is -0.497 e. The number of piperidine rings is 1. The van der Waals surface area contributed by atoms with Crippen molar-refractivity contribution in [3.63, 3.8) is 0 Å². The molecule has 1 amide bonds. The first kappa shape index (κ1) is 21.4. The summed E-state index contributed by atoms with van der Waals surface area (Å²) in [6.07, 6.45) is 5.06. The van der Waals surface area contributed by atoms with Crippen LogP contribution in [0.4, 0.5) is 0 Å². The lowest BCUT2D eigenvalue weighted by Gasteiger charge is -2.32. The predicted octanol–water partition coefficient (Wildman–Crippen LogP) is 4.17. The highest BCUT2D eigenvalue weighted by molar-refractivity contribution is 5.75. The monoisotopic (exact) mass is 394 g/mol. The van der Waals surface area contributed by atoms with E-state index in [0.29, 0.717) is 6.42 Å². The zero-order valence-corrected chi connectivity index (χ0v) is 18.1. The van der Waals surface area contributed by atoms with E-state index in [9.17, 15) is 4.79 Å². The van der Waals surface area contributed by atoms with Crippen molar-refractivity contribution in [2.24, 2.45) is 5.92 Å². The van der Waals surface area contributed by atoms with E-state index in [1.807, 2.05) is 20.2 Å². The normalized spacial score (nSPS) is 15.3. The Bertz CT molecular complexity index is 778. The number of methoxy groups -OCH3 is 1. The van der Waals surface area contributed by atoms with Gasteiger partial charge in [0, 0.05) is 27.1 Å². The third-order valence-electron chi connectivity index (χ3n) is 5.92. The maximum atomic E-state index is 11.7. The van der Waals surface area contributed by atoms with Gasteiger partial charge in [0.05, 0.1) is 7.11 Å². The van der Waals surface area contributed by atoms with Crippen molar-refractivity contribution < 1.29 is 9.53 Å². The van der Waals surface area contributed by atoms with Crippen molar-refractivity contribution in [3.8, 4) is 5.75 Å². The van der Waals surface area contributed by atoms with Gasteiger partial charge in [0.15, 0.2) is 0 Å². The number of hydrogen-bond donors (Lipinski definition) is 0. The van der Waals surface area contributed by atoms with E-state index in [0.717, 1.165) is 44.1 Å². The number of ether oxygens (including phenoxy) is 1. The summed E-state index contributed by atoms with van der Waals surface area (Å²) in [5, 5.41) is 0. The van der Waals surface area contributed by atoms with Crippen LogP contribution in [0, 0.1) is 5.92 Å². The molecule has 0 bridgehead atoms. The lowest BCUT2D eigenvalue weighted by molar-refractivity contribution is -0.128. The molecule has 3 rings (SSSR count). The third kappa shape index (κ3) is 6.60. The van der Waals surface area contributed by atoms with Gasteiger partial charge in [-0.25, -0.2) is 0 Å². The Morgan fingerprint density at radius 1 is 1.03 bits per heavy atom. The van der Waals surface area contributed by atoms with Gasteiger partial charge in [-0.2, -0.15) is 0 Å². The second kappa shape index (κ2) is 10.4. The Morgan fingerprint density at radius 3 is 2.38 bits per heavy atom. The maximum absolute atomic E-state index is 11.7. The van der Waals surface area contributed by atoms with Crippen molar-refractivity contribution in [1.29, 1.82) is 0 Å². The standard InChI is InChI=1S/C25H34N2O2/c1-26(2)25(28)12-11-20-7-9-21(10-8-20)17-22-13-15-27(16-14-22)19-23-5-4-6-24(18-23)29-3/h4-10,18,22H,11-17,19H2,1-3H3. The molecule has 0 unspecified atom stereocenters. The molecular formula is C25H34N2O2. The first-order valence-electron chi connectivity index (χ1n) is 10.7. The van der Waals surface area contributed by atoms with Gasteiger partial charge >= 0.3 is 0 Å². The van der Waals surface area contributed by atoms with Gasteiger partial charge in [-0.1, -0.05) is 36.4 Å². The average Bonchev–Trinajstić information content (AvgIpc) is 2.74. The Labute approximate surface area is 175 Å². The number of benzene rings is 2. The first-order chi connectivity index (χ1) is 14.0. The SMILES string of the molecule is COc1cccc(CN2CCC(Cc3ccc(CCC(=O)N(C)C)cc3)CC2)c1. The molecule has 1 aliphatic rings. The number of nitrogens with zero attached hydrogens (tertiary/aromatic N) is 2. The predicted molar refractivity (Wildman–Crippen MR) is 118 cm³/mol. The number of carbonyl (C=O) groups is 1. The van der Waals surface area contributed by atoms with Crippen molar-refractivity contribution in [2.45, 2.75) is 38.6 Å². The van der Waals surface area contributed by atoms with Gasteiger partial charge in [-0.15, -0.1) is 0 Å². The highest BCUT2D eigenvalue weighted by Crippen LogP contribution is 2.24. The molecule has 29 heavy (non-hydrogen) atoms. The van der Waals surface area contributed by atoms with Crippen LogP contribution >= 0.6 is 0 Å². The van der Waals surface area contributed by atoms with E-state index in [2.05, 4.69) is 47.4 Å². The zero-order chi connectivity index (χ0) is 20.6. The Morgan fingerprint density at radius 2 is 1.72 bits per heavy atom. The Balaban J connectivity index is 1.42. The lowest BCUT2D eigenvalue weighted by Crippen LogP contribution is -2.33. The minimum absolute atomic E-state index is 0.190. The van der Waals surface area contributed by atoms with Gasteiger partial charge in [-0.3, -0.25) is 9.69 Å². The summed E-state index contributed by atoms with van der Waals surface area (Å²) in [4.78, 5) is 15.9. The summed E-state index contributed by atoms with van der Waals surface area (Å²) in [5.74, 6) is 1.89. The number of hydrogen-bond acceptors (Lipinski definition) is 3. The number of rotatable bonds is 8. The molecule has 4 heteroatoms. The second-order valence-corrected chi connectivity index (χ2v) is 8.38. The molecule has 0 N–H and O–H groups in total. The van der Waals surface area contributed by atoms with Crippen LogP contribution in [0.2, 0.25) is 0 Å². The molecule has 0 aliphatic carbocycles. The number of carbonyl (C=O) groups excluding carboxylic acids is 1. The van der Waals surface area contributed by atoms with E-state index < -0.39 is 0 Å². The van der Waals surface area contributed by atoms with Crippen molar-refractivity contribution in [3.05, 3.63) is 65.2 Å². The molecule has 0 spiro atoms. The zero-order valence-electron chi connectivity index (χ0n) is 18.1. The van der Waals surface area contributed by atoms with Crippen LogP contribution in [-0.4, -0.2) is 50.0 Å². The Hall–Kier alpha value is -2.33. The van der Waals surface area contributed by atoms with Gasteiger partial charge in [-0.05, 0) is 73.5 Å². The summed E-state index contributed by atoms with van der Waals surface area (Å²) < 4.78 is 5.34. The van der Waals surface area contributed by atoms with E-state index in [4.69, 9.17) is 4.74 Å². The fourth-order valence-electron chi connectivity index (χ4n) is 4.03. The van der Waals surface area contributed by atoms with Gasteiger partial charge in [0.2, 0.25) is 5.91 Å². The molecular weight excluding hydrogens is 360 g/mol. The van der Waals surface area contributed by atoms with Gasteiger partial charge in [0.25, 0.3) is 0 Å². The molecule has 2 aromatic carbocycles. The largest absolute Gasteiger partial charge is 0.497 e. The van der Waals surface area contributed by atoms with E-state index >= 15 is 0 Å². The van der Waals surface area contributed by atoms with Crippen molar-refractivity contribution in [2.75, 3.05) is 34.3 Å². The molecule has 1 fully saturated rings. The minimum atomic E-state index is 0.190. The smallest absolute Gasteiger partial charge is 0.222 e. The molecule has 0 aromatic heterocycles. The van der Waals surface area contributed by atoms with Crippen LogP contribution in [0.15, 0.2) is 48.5 Å². The van der Waals surface area contributed by atoms with Crippen LogP contribution in [0.5, 0.6) is 5.75 Å². The topological polar surface area (TPSA) is 32.8 Å². The molecule has 1 aliphatic heterocycles. The molecule has 0 saturated carbocycles. The molecule has 2 aromatic rings. The molecule has 156 valence electrons. The Kier molecular flexibility index (Phi) is 7.70. The van der Waals surface area contributed by atoms with Crippen molar-refractivity contribution >= 4 is 5.91 Å². The molecule has 0 radical (unpaired) electrons. The van der Waals surface area contributed by atoms with E-state index in [1.54, 1.807) is 12.0 Å². The van der Waals surface area contributed by atoms with E-state index in [1.165, 1.54) is 29.5 Å². The highest BCUT2D eigenvalue weighted by atomic mass is 16.5. The molecule has 1 saturated heterocycles. The molecule has 0 atom stereocenters. The van der Waals surface area contributed by atoms with E-state index in [-0.39, 0.29) is 5.91 Å². The summed E-state index contributed by atoms with van der Waals surface area (Å²) >= 11 is 0. The molecule has 4 nitrogen and oxygen atoms in total. The summed E-state index contributed by atoms with van der Waals surface area (Å²) in [6, 6.07) is 17.3. The maximum Gasteiger partial charge on any atom is 0.222 e. The van der Waals surface area contributed by atoms with Crippen LogP contribution in [-0.2, 0) is 24.2 Å². The summed E-state index contributed by atoms with van der Waals surface area (Å²) in [7, 11) is 5.35. The first-order valence-corrected chi connectivity index (χ1v) is 10.7. The number of aryl methyl sites for hydroxylation is 1. The summed E-state index contributed by atoms with van der Waals surface area (Å²) in [6.45, 7) is 3.32. The van der Waals surface area contributed by atoms with Gasteiger partial charge < -0.3 is 9.64 Å². The van der Waals surface area contributed by atoms with Crippen LogP contribution < -0.4 is 4.74 Å². The average molecular weight is 395 g/mol. The van der Waals surface area contributed by atoms with Gasteiger partial charge in [0.1, 0.15) is 5.75 Å². The third-order valence-corrected chi connectivity index (χ3v) is 5.92. The quantitative estimate of drug-likeness (QED) is 0.674. The number of amides is 1. The highest BCUT2D eigenvalue weighted by Gasteiger charge is 2.19. The fourth-order valence-corrected chi connectivity index (χ4v) is 4.03.